The first-order valence-electron chi connectivity index (χ1n) is 5.70. The fourth-order valence-electron chi connectivity index (χ4n) is 1.68. The van der Waals surface area contributed by atoms with Crippen LogP contribution in [0.25, 0.3) is 0 Å². The number of hydrogen-bond acceptors (Lipinski definition) is 5. The topological polar surface area (TPSA) is 64.8 Å². The minimum atomic E-state index is -0.371. The third-order valence-electron chi connectivity index (χ3n) is 2.90. The van der Waals surface area contributed by atoms with Gasteiger partial charge in [-0.1, -0.05) is 0 Å². The summed E-state index contributed by atoms with van der Waals surface area (Å²) in [4.78, 5) is 13.5. The van der Waals surface area contributed by atoms with Crippen molar-refractivity contribution in [2.75, 3.05) is 38.5 Å². The molecular formula is C13H20N2O3. The van der Waals surface area contributed by atoms with Crippen molar-refractivity contribution in [1.29, 1.82) is 0 Å². The molecular weight excluding hydrogens is 232 g/mol. The third-order valence-corrected chi connectivity index (χ3v) is 2.90. The summed E-state index contributed by atoms with van der Waals surface area (Å²) in [5.41, 5.74) is 7.83. The zero-order valence-corrected chi connectivity index (χ0v) is 11.3. The van der Waals surface area contributed by atoms with E-state index in [9.17, 15) is 4.79 Å². The molecule has 1 atom stereocenters. The highest BCUT2D eigenvalue weighted by Gasteiger charge is 2.15. The van der Waals surface area contributed by atoms with Crippen molar-refractivity contribution in [2.24, 2.45) is 0 Å². The van der Waals surface area contributed by atoms with Crippen molar-refractivity contribution < 1.29 is 14.3 Å². The fraction of sp³-hybridized carbons (Fsp3) is 0.462. The van der Waals surface area contributed by atoms with Gasteiger partial charge in [-0.25, -0.2) is 4.79 Å². The zero-order valence-electron chi connectivity index (χ0n) is 11.3. The summed E-state index contributed by atoms with van der Waals surface area (Å²) in [7, 11) is 4.92. The number of esters is 1. The molecule has 1 unspecified atom stereocenters. The number of benzene rings is 1. The van der Waals surface area contributed by atoms with Crippen molar-refractivity contribution in [1.82, 2.24) is 0 Å². The van der Waals surface area contributed by atoms with Crippen LogP contribution in [0, 0.1) is 0 Å². The Hall–Kier alpha value is -1.75. The summed E-state index contributed by atoms with van der Waals surface area (Å²) in [5, 5.41) is 0. The highest BCUT2D eigenvalue weighted by atomic mass is 16.5. The van der Waals surface area contributed by atoms with Crippen LogP contribution in [0.15, 0.2) is 18.2 Å². The van der Waals surface area contributed by atoms with Crippen molar-refractivity contribution in [3.8, 4) is 0 Å². The van der Waals surface area contributed by atoms with E-state index in [4.69, 9.17) is 15.2 Å². The van der Waals surface area contributed by atoms with E-state index in [2.05, 4.69) is 0 Å². The SMILES string of the molecule is COCC(C)N(C)c1cc(C(=O)OC)ccc1N. The minimum absolute atomic E-state index is 0.158. The summed E-state index contributed by atoms with van der Waals surface area (Å²) in [6.45, 7) is 2.60. The number of nitrogen functional groups attached to an aromatic ring is 1. The van der Waals surface area contributed by atoms with E-state index >= 15 is 0 Å². The number of carbonyl (C=O) groups excluding carboxylic acids is 1. The quantitative estimate of drug-likeness (QED) is 0.636. The number of rotatable bonds is 5. The van der Waals surface area contributed by atoms with Crippen LogP contribution < -0.4 is 10.6 Å². The van der Waals surface area contributed by atoms with Crippen LogP contribution in [-0.2, 0) is 9.47 Å². The van der Waals surface area contributed by atoms with Crippen LogP contribution in [0.3, 0.4) is 0 Å². The molecule has 0 spiro atoms. The van der Waals surface area contributed by atoms with Crippen molar-refractivity contribution in [3.63, 3.8) is 0 Å². The maximum absolute atomic E-state index is 11.5. The molecule has 0 heterocycles. The molecule has 100 valence electrons. The van der Waals surface area contributed by atoms with Gasteiger partial charge in [-0.2, -0.15) is 0 Å². The van der Waals surface area contributed by atoms with E-state index in [-0.39, 0.29) is 12.0 Å². The Kier molecular flexibility index (Phi) is 4.97. The van der Waals surface area contributed by atoms with E-state index in [1.54, 1.807) is 25.3 Å². The standard InChI is InChI=1S/C13H20N2O3/c1-9(8-17-3)15(2)12-7-10(13(16)18-4)5-6-11(12)14/h5-7,9H,8,14H2,1-4H3. The summed E-state index contributed by atoms with van der Waals surface area (Å²) in [6.07, 6.45) is 0. The highest BCUT2D eigenvalue weighted by Crippen LogP contribution is 2.25. The predicted octanol–water partition coefficient (Wildman–Crippen LogP) is 1.53. The van der Waals surface area contributed by atoms with Gasteiger partial charge in [0.1, 0.15) is 0 Å². The number of methoxy groups -OCH3 is 2. The molecule has 2 N–H and O–H groups in total. The van der Waals surface area contributed by atoms with E-state index < -0.39 is 0 Å². The van der Waals surface area contributed by atoms with Gasteiger partial charge in [0.15, 0.2) is 0 Å². The molecule has 1 rings (SSSR count). The van der Waals surface area contributed by atoms with Gasteiger partial charge in [-0.15, -0.1) is 0 Å². The number of nitrogens with zero attached hydrogens (tertiary/aromatic N) is 1. The molecule has 1 aromatic carbocycles. The first kappa shape index (κ1) is 14.3. The van der Waals surface area contributed by atoms with Crippen LogP contribution in [0.4, 0.5) is 11.4 Å². The number of hydrogen-bond donors (Lipinski definition) is 1. The molecule has 0 aliphatic rings. The second-order valence-electron chi connectivity index (χ2n) is 4.18. The molecule has 0 saturated heterocycles. The van der Waals surface area contributed by atoms with Gasteiger partial charge in [0.2, 0.25) is 0 Å². The monoisotopic (exact) mass is 252 g/mol. The molecule has 0 fully saturated rings. The predicted molar refractivity (Wildman–Crippen MR) is 71.9 cm³/mol. The van der Waals surface area contributed by atoms with Gasteiger partial charge in [0, 0.05) is 20.2 Å². The van der Waals surface area contributed by atoms with E-state index in [0.29, 0.717) is 17.9 Å². The molecule has 0 amide bonds. The molecule has 5 heteroatoms. The second kappa shape index (κ2) is 6.26. The molecule has 0 aliphatic carbocycles. The lowest BCUT2D eigenvalue weighted by atomic mass is 10.1. The Morgan fingerprint density at radius 3 is 2.67 bits per heavy atom. The lowest BCUT2D eigenvalue weighted by Gasteiger charge is -2.27. The highest BCUT2D eigenvalue weighted by molar-refractivity contribution is 5.92. The molecule has 18 heavy (non-hydrogen) atoms. The zero-order chi connectivity index (χ0) is 13.7. The van der Waals surface area contributed by atoms with Crippen molar-refractivity contribution in [2.45, 2.75) is 13.0 Å². The van der Waals surface area contributed by atoms with Crippen LogP contribution in [-0.4, -0.2) is 39.9 Å². The maximum Gasteiger partial charge on any atom is 0.337 e. The van der Waals surface area contributed by atoms with Crippen molar-refractivity contribution in [3.05, 3.63) is 23.8 Å². The lowest BCUT2D eigenvalue weighted by molar-refractivity contribution is 0.0601. The summed E-state index contributed by atoms with van der Waals surface area (Å²) in [6, 6.07) is 5.25. The Balaban J connectivity index is 3.03. The summed E-state index contributed by atoms with van der Waals surface area (Å²) < 4.78 is 9.81. The van der Waals surface area contributed by atoms with Crippen LogP contribution in [0.1, 0.15) is 17.3 Å². The van der Waals surface area contributed by atoms with Crippen LogP contribution in [0.2, 0.25) is 0 Å². The van der Waals surface area contributed by atoms with Gasteiger partial charge in [-0.05, 0) is 25.1 Å². The van der Waals surface area contributed by atoms with Crippen LogP contribution >= 0.6 is 0 Å². The van der Waals surface area contributed by atoms with Gasteiger partial charge in [-0.3, -0.25) is 0 Å². The second-order valence-corrected chi connectivity index (χ2v) is 4.18. The number of likely N-dealkylation sites (N-methyl/N-ethyl adjacent to an activating group) is 1. The Morgan fingerprint density at radius 2 is 2.11 bits per heavy atom. The number of nitrogens with two attached hydrogens (primary N) is 1. The molecule has 0 radical (unpaired) electrons. The normalized spacial score (nSPS) is 12.0. The lowest BCUT2D eigenvalue weighted by Crippen LogP contribution is -2.33. The molecule has 0 aromatic heterocycles. The van der Waals surface area contributed by atoms with E-state index in [1.807, 2.05) is 18.9 Å². The number of anilines is 2. The van der Waals surface area contributed by atoms with E-state index in [1.165, 1.54) is 7.11 Å². The third kappa shape index (κ3) is 3.13. The average molecular weight is 252 g/mol. The van der Waals surface area contributed by atoms with Gasteiger partial charge >= 0.3 is 5.97 Å². The van der Waals surface area contributed by atoms with E-state index in [0.717, 1.165) is 5.69 Å². The van der Waals surface area contributed by atoms with Crippen molar-refractivity contribution >= 4 is 17.3 Å². The smallest absolute Gasteiger partial charge is 0.337 e. The van der Waals surface area contributed by atoms with Gasteiger partial charge in [0.05, 0.1) is 30.7 Å². The Labute approximate surface area is 107 Å². The first-order chi connectivity index (χ1) is 8.51. The Morgan fingerprint density at radius 1 is 1.44 bits per heavy atom. The average Bonchev–Trinajstić information content (AvgIpc) is 2.37. The molecule has 0 saturated carbocycles. The number of carbonyl (C=O) groups is 1. The maximum atomic E-state index is 11.5. The largest absolute Gasteiger partial charge is 0.465 e. The fourth-order valence-corrected chi connectivity index (χ4v) is 1.68. The van der Waals surface area contributed by atoms with Gasteiger partial charge in [0.25, 0.3) is 0 Å². The number of ether oxygens (including phenoxy) is 2. The molecule has 0 aliphatic heterocycles. The molecule has 0 bridgehead atoms. The van der Waals surface area contributed by atoms with Gasteiger partial charge < -0.3 is 20.1 Å². The minimum Gasteiger partial charge on any atom is -0.465 e. The van der Waals surface area contributed by atoms with Crippen LogP contribution in [0.5, 0.6) is 0 Å². The summed E-state index contributed by atoms with van der Waals surface area (Å²) >= 11 is 0. The molecule has 5 nitrogen and oxygen atoms in total. The molecule has 1 aromatic rings. The first-order valence-corrected chi connectivity index (χ1v) is 5.70. The Bertz CT molecular complexity index is 421. The summed E-state index contributed by atoms with van der Waals surface area (Å²) in [5.74, 6) is -0.371.